The average Bonchev–Trinajstić information content (AvgIpc) is 1.49. The Morgan fingerprint density at radius 1 is 0.614 bits per heavy atom. The molecule has 4 aromatic carbocycles. The molecule has 0 bridgehead atoms. The summed E-state index contributed by atoms with van der Waals surface area (Å²) in [5, 5.41) is 23.5. The number of amides is 4. The van der Waals surface area contributed by atoms with Crippen LogP contribution in [-0.2, 0) is 46.4 Å². The fraction of sp³-hybridized carbons (Fsp3) is 0.483. The van der Waals surface area contributed by atoms with Gasteiger partial charge < -0.3 is 91.3 Å². The van der Waals surface area contributed by atoms with Gasteiger partial charge in [0.2, 0.25) is 35.1 Å². The van der Waals surface area contributed by atoms with E-state index in [0.29, 0.717) is 98.3 Å². The Morgan fingerprint density at radius 3 is 1.45 bits per heavy atom. The lowest BCUT2D eigenvalue weighted by atomic mass is 9.77. The zero-order chi connectivity index (χ0) is 63.0. The predicted molar refractivity (Wildman–Crippen MR) is 339 cm³/mol. The number of carbonyl (C=O) groups is 7. The van der Waals surface area contributed by atoms with Crippen LogP contribution in [0.25, 0.3) is 22.3 Å². The van der Waals surface area contributed by atoms with E-state index in [0.717, 1.165) is 64.8 Å². The Kier molecular flexibility index (Phi) is 31.9. The normalized spacial score (nSPS) is 14.0. The van der Waals surface area contributed by atoms with E-state index >= 15 is 0 Å². The van der Waals surface area contributed by atoms with Gasteiger partial charge in [0, 0.05) is 38.1 Å². The third-order valence-corrected chi connectivity index (χ3v) is 14.5. The van der Waals surface area contributed by atoms with Gasteiger partial charge in [-0.3, -0.25) is 28.8 Å². The summed E-state index contributed by atoms with van der Waals surface area (Å²) in [7, 11) is 9.54. The first-order valence-electron chi connectivity index (χ1n) is 28.7. The van der Waals surface area contributed by atoms with Crippen LogP contribution >= 0.6 is 24.8 Å². The van der Waals surface area contributed by atoms with Gasteiger partial charge in [0.1, 0.15) is 17.2 Å². The van der Waals surface area contributed by atoms with Crippen molar-refractivity contribution in [2.24, 2.45) is 23.0 Å². The molecule has 4 amide bonds. The first-order valence-corrected chi connectivity index (χ1v) is 28.7. The molecule has 1 radical (unpaired) electrons. The summed E-state index contributed by atoms with van der Waals surface area (Å²) in [6.07, 6.45) is 5.84. The molecular weight excluding hydrogens is 1180 g/mol. The average molecular weight is 1270 g/mol. The molecule has 28 heteroatoms. The standard InChI is InChI=1S/C31H43B2N4O9.C29H40N4O7.2ClH/c1-18(38)37-24-12-9-19-16-25(43-3)28(44-4)29(45-5)27(19)21-11-10-20(17-23(21)24)46-26(39)13-15-35-31(41)22(30(40)32-34)8-6-7-14-36-33(2)42;1-17(34)33-23-11-8-18-15-24(37-2)27(38-3)28(39-4)26(18)20-10-9-19(16-21(20)23)40-25(35)12-14-32-29(36)22(31)7-5-6-13-30;;/h10-11,16-17,22,24,36,42H,6-9,12-15,34H2,1-5H3,(H,35,41)(H,37,38);9-10,15-16,22-23H,5-8,11-14,30-31H2,1-4H3,(H,32,36)(H,33,34);2*1H/t22-,24-;22-,23+;;/m01../s1. The number of hydrogen-bond donors (Lipinski definition) is 9. The van der Waals surface area contributed by atoms with Crippen molar-refractivity contribution in [3.05, 3.63) is 70.8 Å². The van der Waals surface area contributed by atoms with Crippen LogP contribution in [-0.4, -0.2) is 136 Å². The lowest BCUT2D eigenvalue weighted by Gasteiger charge is -2.21. The van der Waals surface area contributed by atoms with Gasteiger partial charge in [0.05, 0.1) is 79.5 Å². The topological polar surface area (TPSA) is 352 Å². The molecule has 0 aliphatic heterocycles. The molecule has 2 aliphatic carbocycles. The Balaban J connectivity index is 0.000000454. The summed E-state index contributed by atoms with van der Waals surface area (Å²) in [4.78, 5) is 86.7. The lowest BCUT2D eigenvalue weighted by Crippen LogP contribution is -2.41. The highest BCUT2D eigenvalue weighted by Gasteiger charge is 2.33. The maximum absolute atomic E-state index is 12.8. The van der Waals surface area contributed by atoms with E-state index in [1.165, 1.54) is 21.0 Å². The van der Waals surface area contributed by atoms with Crippen molar-refractivity contribution in [1.82, 2.24) is 26.5 Å². The fourth-order valence-electron chi connectivity index (χ4n) is 10.5. The number of hydrogen-bond acceptors (Lipinski definition) is 20. The van der Waals surface area contributed by atoms with E-state index in [4.69, 9.17) is 55.0 Å². The second-order valence-electron chi connectivity index (χ2n) is 20.6. The zero-order valence-electron chi connectivity index (χ0n) is 51.5. The van der Waals surface area contributed by atoms with Crippen molar-refractivity contribution in [1.29, 1.82) is 0 Å². The fourth-order valence-corrected chi connectivity index (χ4v) is 10.5. The summed E-state index contributed by atoms with van der Waals surface area (Å²) in [5.74, 6) is 0.284. The molecule has 0 aromatic heterocycles. The minimum atomic E-state index is -0.971. The summed E-state index contributed by atoms with van der Waals surface area (Å²) in [5.41, 5.74) is 22.9. The van der Waals surface area contributed by atoms with E-state index in [1.807, 2.05) is 24.3 Å². The SMILES string of the molecule is COc1cc2c(c(OC)c1OC)-c1ccc(OC(=O)CCNC(=O)[C@@H](CCCCNB(C)O)C(=O)[B]N)cc1[C@@H](NC(C)=O)CC2.COc1cc2c(c(OC)c1OC)-c1ccc(OC(=O)CCNC(=O)[C@H](N)CCCCN)cc1[C@@H](NC(C)=O)CC2.Cl.Cl. The number of aryl methyl sites for hydroxylation is 2. The van der Waals surface area contributed by atoms with Gasteiger partial charge >= 0.3 is 19.0 Å². The summed E-state index contributed by atoms with van der Waals surface area (Å²) < 4.78 is 45.1. The number of ether oxygens (including phenoxy) is 8. The molecule has 4 atom stereocenters. The maximum atomic E-state index is 12.8. The predicted octanol–water partition coefficient (Wildman–Crippen LogP) is 4.72. The highest BCUT2D eigenvalue weighted by molar-refractivity contribution is 6.73. The van der Waals surface area contributed by atoms with Crippen molar-refractivity contribution in [3.63, 3.8) is 0 Å². The molecule has 88 heavy (non-hydrogen) atoms. The number of unbranched alkanes of at least 4 members (excludes halogenated alkanes) is 2. The van der Waals surface area contributed by atoms with Gasteiger partial charge in [0.25, 0.3) is 7.41 Å². The van der Waals surface area contributed by atoms with E-state index in [-0.39, 0.29) is 92.7 Å². The van der Waals surface area contributed by atoms with Gasteiger partial charge in [-0.25, -0.2) is 0 Å². The van der Waals surface area contributed by atoms with E-state index < -0.39 is 42.5 Å². The van der Waals surface area contributed by atoms with Crippen LogP contribution in [0, 0.1) is 5.92 Å². The third-order valence-electron chi connectivity index (χ3n) is 14.5. The van der Waals surface area contributed by atoms with Crippen LogP contribution in [0.1, 0.15) is 112 Å². The number of halogens is 2. The Bertz CT molecular complexity index is 3030. The van der Waals surface area contributed by atoms with E-state index in [2.05, 4.69) is 26.5 Å². The minimum absolute atomic E-state index is 0. The van der Waals surface area contributed by atoms with Crippen molar-refractivity contribution in [3.8, 4) is 68.2 Å². The van der Waals surface area contributed by atoms with Crippen LogP contribution in [0.4, 0.5) is 0 Å². The van der Waals surface area contributed by atoms with Crippen LogP contribution in [0.15, 0.2) is 48.5 Å². The van der Waals surface area contributed by atoms with Crippen molar-refractivity contribution in [2.75, 3.05) is 68.8 Å². The Labute approximate surface area is 528 Å². The van der Waals surface area contributed by atoms with Crippen molar-refractivity contribution in [2.45, 2.75) is 116 Å². The molecular formula is C60H85B2Cl2N8O16. The highest BCUT2D eigenvalue weighted by Crippen LogP contribution is 2.52. The highest BCUT2D eigenvalue weighted by atomic mass is 35.5. The number of benzene rings is 4. The number of nitrogens with one attached hydrogen (secondary N) is 5. The van der Waals surface area contributed by atoms with Gasteiger partial charge in [-0.1, -0.05) is 25.0 Å². The Morgan fingerprint density at radius 2 is 1.06 bits per heavy atom. The van der Waals surface area contributed by atoms with Crippen LogP contribution in [0.2, 0.25) is 6.82 Å². The van der Waals surface area contributed by atoms with Crippen LogP contribution < -0.4 is 81.5 Å². The number of esters is 2. The quantitative estimate of drug-likeness (QED) is 0.0112. The molecule has 4 aromatic rings. The van der Waals surface area contributed by atoms with Crippen LogP contribution in [0.3, 0.4) is 0 Å². The van der Waals surface area contributed by atoms with E-state index in [1.54, 1.807) is 66.6 Å². The third kappa shape index (κ3) is 20.6. The molecule has 2 aliphatic rings. The number of fused-ring (bicyclic) bond motifs is 6. The molecule has 0 heterocycles. The smallest absolute Gasteiger partial charge is 0.373 e. The van der Waals surface area contributed by atoms with Gasteiger partial charge in [-0.2, -0.15) is 0 Å². The summed E-state index contributed by atoms with van der Waals surface area (Å²) in [6.45, 7) is 5.67. The number of nitrogens with two attached hydrogens (primary N) is 3. The Hall–Kier alpha value is -7.32. The molecule has 481 valence electrons. The first-order chi connectivity index (χ1) is 41.3. The molecule has 6 rings (SSSR count). The molecule has 0 saturated carbocycles. The second-order valence-corrected chi connectivity index (χ2v) is 20.6. The van der Waals surface area contributed by atoms with Gasteiger partial charge in [-0.05, 0) is 141 Å². The second kappa shape index (κ2) is 37.5. The molecule has 12 N–H and O–H groups in total. The van der Waals surface area contributed by atoms with E-state index in [9.17, 15) is 38.6 Å². The minimum Gasteiger partial charge on any atom is -0.493 e. The molecule has 0 fully saturated rings. The summed E-state index contributed by atoms with van der Waals surface area (Å²) >= 11 is 0. The molecule has 0 unspecified atom stereocenters. The monoisotopic (exact) mass is 1270 g/mol. The number of carbonyl (C=O) groups excluding carboxylic acids is 7. The number of rotatable bonds is 30. The van der Waals surface area contributed by atoms with Crippen molar-refractivity contribution >= 4 is 80.5 Å². The maximum Gasteiger partial charge on any atom is 0.373 e. The zero-order valence-corrected chi connectivity index (χ0v) is 53.1. The van der Waals surface area contributed by atoms with Crippen LogP contribution in [0.5, 0.6) is 46.0 Å². The molecule has 0 spiro atoms. The van der Waals surface area contributed by atoms with Gasteiger partial charge in [-0.15, -0.1) is 24.8 Å². The number of methoxy groups -OCH3 is 6. The lowest BCUT2D eigenvalue weighted by molar-refractivity contribution is -0.135. The largest absolute Gasteiger partial charge is 0.493 e. The molecule has 24 nitrogen and oxygen atoms in total. The summed E-state index contributed by atoms with van der Waals surface area (Å²) in [6, 6.07) is 12.9. The molecule has 0 saturated heterocycles. The first kappa shape index (κ1) is 74.9. The van der Waals surface area contributed by atoms with Crippen molar-refractivity contribution < 1.29 is 76.5 Å². The van der Waals surface area contributed by atoms with Gasteiger partial charge in [0.15, 0.2) is 23.0 Å².